The minimum atomic E-state index is -3.75. The van der Waals surface area contributed by atoms with Gasteiger partial charge in [0.25, 0.3) is 0 Å². The number of hydrogen-bond donors (Lipinski definition) is 0. The maximum atomic E-state index is 12.5. The highest BCUT2D eigenvalue weighted by Gasteiger charge is 2.26. The average molecular weight is 297 g/mol. The van der Waals surface area contributed by atoms with Crippen molar-refractivity contribution in [1.82, 2.24) is 4.31 Å². The second kappa shape index (κ2) is 6.67. The van der Waals surface area contributed by atoms with Crippen molar-refractivity contribution in [2.75, 3.05) is 20.2 Å². The number of carbonyl (C=O) groups is 1. The van der Waals surface area contributed by atoms with Gasteiger partial charge in [-0.25, -0.2) is 8.42 Å². The fourth-order valence-corrected chi connectivity index (χ4v) is 3.04. The summed E-state index contributed by atoms with van der Waals surface area (Å²) >= 11 is 0. The Morgan fingerprint density at radius 3 is 2.25 bits per heavy atom. The van der Waals surface area contributed by atoms with E-state index in [-0.39, 0.29) is 18.0 Å². The molecule has 110 valence electrons. The van der Waals surface area contributed by atoms with E-state index in [1.165, 1.54) is 19.2 Å². The third-order valence-corrected chi connectivity index (χ3v) is 4.44. The predicted molar refractivity (Wildman–Crippen MR) is 76.8 cm³/mol. The first-order valence-corrected chi connectivity index (χ1v) is 7.49. The number of ether oxygens (including phenoxy) is 1. The Bertz CT molecular complexity index is 590. The molecule has 6 heteroatoms. The number of carbonyl (C=O) groups excluding carboxylic acids is 1. The Labute approximate surface area is 119 Å². The molecule has 0 aliphatic carbocycles. The predicted octanol–water partition coefficient (Wildman–Crippen LogP) is 1.73. The first-order chi connectivity index (χ1) is 9.27. The molecule has 0 bridgehead atoms. The molecule has 0 radical (unpaired) electrons. The number of methoxy groups -OCH3 is 1. The van der Waals surface area contributed by atoms with Crippen LogP contribution in [-0.2, 0) is 19.6 Å². The normalized spacial score (nSPS) is 11.4. The van der Waals surface area contributed by atoms with Crippen molar-refractivity contribution < 1.29 is 17.9 Å². The van der Waals surface area contributed by atoms with E-state index in [0.717, 1.165) is 9.87 Å². The standard InChI is InChI=1S/C14H19NO4S/c1-11(2)9-15(10-14(16)19-4)20(17,18)13-7-5-12(3)6-8-13/h5-8H,1,9-10H2,2-4H3. The van der Waals surface area contributed by atoms with Gasteiger partial charge in [-0.15, -0.1) is 0 Å². The van der Waals surface area contributed by atoms with E-state index in [0.29, 0.717) is 5.57 Å². The number of nitrogens with zero attached hydrogens (tertiary/aromatic N) is 1. The Balaban J connectivity index is 3.12. The van der Waals surface area contributed by atoms with Crippen LogP contribution in [0.4, 0.5) is 0 Å². The first-order valence-electron chi connectivity index (χ1n) is 6.05. The molecule has 5 nitrogen and oxygen atoms in total. The van der Waals surface area contributed by atoms with Gasteiger partial charge in [-0.3, -0.25) is 4.79 Å². The first kappa shape index (κ1) is 16.4. The molecular weight excluding hydrogens is 278 g/mol. The third-order valence-electron chi connectivity index (χ3n) is 2.64. The van der Waals surface area contributed by atoms with Gasteiger partial charge in [0.2, 0.25) is 10.0 Å². The summed E-state index contributed by atoms with van der Waals surface area (Å²) in [5.41, 5.74) is 1.60. The van der Waals surface area contributed by atoms with Crippen molar-refractivity contribution in [3.63, 3.8) is 0 Å². The zero-order valence-electron chi connectivity index (χ0n) is 11.9. The molecule has 0 aliphatic heterocycles. The van der Waals surface area contributed by atoms with Gasteiger partial charge in [0, 0.05) is 6.54 Å². The Hall–Kier alpha value is -1.66. The Morgan fingerprint density at radius 2 is 1.80 bits per heavy atom. The molecule has 0 unspecified atom stereocenters. The van der Waals surface area contributed by atoms with Crippen molar-refractivity contribution in [2.45, 2.75) is 18.7 Å². The highest BCUT2D eigenvalue weighted by atomic mass is 32.2. The fraction of sp³-hybridized carbons (Fsp3) is 0.357. The highest BCUT2D eigenvalue weighted by molar-refractivity contribution is 7.89. The molecule has 1 aromatic rings. The maximum absolute atomic E-state index is 12.5. The van der Waals surface area contributed by atoms with Crippen LogP contribution in [0.3, 0.4) is 0 Å². The number of aryl methyl sites for hydroxylation is 1. The van der Waals surface area contributed by atoms with Gasteiger partial charge in [-0.1, -0.05) is 29.8 Å². The summed E-state index contributed by atoms with van der Waals surface area (Å²) < 4.78 is 30.6. The second-order valence-corrected chi connectivity index (χ2v) is 6.56. The lowest BCUT2D eigenvalue weighted by molar-refractivity contribution is -0.140. The molecule has 0 atom stereocenters. The molecule has 1 aromatic carbocycles. The minimum Gasteiger partial charge on any atom is -0.468 e. The van der Waals surface area contributed by atoms with Crippen LogP contribution in [0.5, 0.6) is 0 Å². The fourth-order valence-electron chi connectivity index (χ4n) is 1.59. The lowest BCUT2D eigenvalue weighted by Gasteiger charge is -2.21. The number of rotatable bonds is 6. The van der Waals surface area contributed by atoms with Crippen LogP contribution in [0.1, 0.15) is 12.5 Å². The van der Waals surface area contributed by atoms with Crippen LogP contribution < -0.4 is 0 Å². The molecule has 0 aliphatic rings. The molecule has 0 amide bonds. The van der Waals surface area contributed by atoms with Gasteiger partial charge in [0.05, 0.1) is 12.0 Å². The van der Waals surface area contributed by atoms with Gasteiger partial charge < -0.3 is 4.74 Å². The topological polar surface area (TPSA) is 63.7 Å². The van der Waals surface area contributed by atoms with Crippen molar-refractivity contribution in [1.29, 1.82) is 0 Å². The Morgan fingerprint density at radius 1 is 1.25 bits per heavy atom. The SMILES string of the molecule is C=C(C)CN(CC(=O)OC)S(=O)(=O)c1ccc(C)cc1. The van der Waals surface area contributed by atoms with Crippen LogP contribution in [0.25, 0.3) is 0 Å². The van der Waals surface area contributed by atoms with E-state index >= 15 is 0 Å². The van der Waals surface area contributed by atoms with E-state index in [9.17, 15) is 13.2 Å². The van der Waals surface area contributed by atoms with Gasteiger partial charge >= 0.3 is 5.97 Å². The zero-order chi connectivity index (χ0) is 15.3. The van der Waals surface area contributed by atoms with Gasteiger partial charge in [0.1, 0.15) is 6.54 Å². The van der Waals surface area contributed by atoms with Gasteiger partial charge in [-0.2, -0.15) is 4.31 Å². The monoisotopic (exact) mass is 297 g/mol. The van der Waals surface area contributed by atoms with Crippen molar-refractivity contribution in [3.05, 3.63) is 42.0 Å². The van der Waals surface area contributed by atoms with Crippen LogP contribution >= 0.6 is 0 Å². The van der Waals surface area contributed by atoms with Crippen molar-refractivity contribution in [3.8, 4) is 0 Å². The average Bonchev–Trinajstić information content (AvgIpc) is 2.37. The quantitative estimate of drug-likeness (QED) is 0.592. The highest BCUT2D eigenvalue weighted by Crippen LogP contribution is 2.17. The zero-order valence-corrected chi connectivity index (χ0v) is 12.7. The summed E-state index contributed by atoms with van der Waals surface area (Å²) in [6.45, 7) is 7.01. The number of esters is 1. The molecule has 0 fully saturated rings. The van der Waals surface area contributed by atoms with E-state index in [1.54, 1.807) is 19.1 Å². The van der Waals surface area contributed by atoms with E-state index in [2.05, 4.69) is 11.3 Å². The Kier molecular flexibility index (Phi) is 5.47. The van der Waals surface area contributed by atoms with Crippen molar-refractivity contribution >= 4 is 16.0 Å². The molecule has 0 heterocycles. The summed E-state index contributed by atoms with van der Waals surface area (Å²) in [6.07, 6.45) is 0. The lowest BCUT2D eigenvalue weighted by Crippen LogP contribution is -2.37. The van der Waals surface area contributed by atoms with E-state index < -0.39 is 16.0 Å². The molecule has 20 heavy (non-hydrogen) atoms. The second-order valence-electron chi connectivity index (χ2n) is 4.62. The number of benzene rings is 1. The summed E-state index contributed by atoms with van der Waals surface area (Å²) in [7, 11) is -2.52. The minimum absolute atomic E-state index is 0.0747. The van der Waals surface area contributed by atoms with Crippen LogP contribution in [0, 0.1) is 6.92 Å². The summed E-state index contributed by atoms with van der Waals surface area (Å²) in [4.78, 5) is 11.5. The van der Waals surface area contributed by atoms with E-state index in [4.69, 9.17) is 0 Å². The molecule has 0 saturated heterocycles. The largest absolute Gasteiger partial charge is 0.468 e. The molecular formula is C14H19NO4S. The summed E-state index contributed by atoms with van der Waals surface area (Å²) in [5.74, 6) is -0.609. The van der Waals surface area contributed by atoms with E-state index in [1.807, 2.05) is 6.92 Å². The van der Waals surface area contributed by atoms with Crippen LogP contribution in [0.2, 0.25) is 0 Å². The maximum Gasteiger partial charge on any atom is 0.321 e. The molecule has 0 aromatic heterocycles. The molecule has 0 spiro atoms. The number of sulfonamides is 1. The third kappa shape index (κ3) is 4.18. The molecule has 1 rings (SSSR count). The smallest absolute Gasteiger partial charge is 0.321 e. The molecule has 0 N–H and O–H groups in total. The number of hydrogen-bond acceptors (Lipinski definition) is 4. The van der Waals surface area contributed by atoms with Gasteiger partial charge in [-0.05, 0) is 26.0 Å². The van der Waals surface area contributed by atoms with Crippen molar-refractivity contribution in [2.24, 2.45) is 0 Å². The molecule has 0 saturated carbocycles. The summed E-state index contributed by atoms with van der Waals surface area (Å²) in [5, 5.41) is 0. The van der Waals surface area contributed by atoms with Gasteiger partial charge in [0.15, 0.2) is 0 Å². The van der Waals surface area contributed by atoms with Crippen LogP contribution in [0.15, 0.2) is 41.3 Å². The lowest BCUT2D eigenvalue weighted by atomic mass is 10.2. The van der Waals surface area contributed by atoms with Crippen LogP contribution in [-0.4, -0.2) is 38.9 Å². The summed E-state index contributed by atoms with van der Waals surface area (Å²) in [6, 6.07) is 6.47.